The molecular formula is C14H16BrNO. The van der Waals surface area contributed by atoms with Crippen LogP contribution in [0.4, 0.5) is 0 Å². The lowest BCUT2D eigenvalue weighted by Crippen LogP contribution is -2.12. The van der Waals surface area contributed by atoms with Gasteiger partial charge in [-0.1, -0.05) is 28.9 Å². The standard InChI is InChI=1S/C14H16BrNO/c1-2-11(9-15)10-17-13-6-5-12-4-3-7-16-14(12)8-13/h3-8,11H,2,9-10H2,1H3. The Bertz CT molecular complexity index is 482. The molecule has 2 nitrogen and oxygen atoms in total. The number of alkyl halides is 1. The molecule has 2 aromatic rings. The molecule has 17 heavy (non-hydrogen) atoms. The Morgan fingerprint density at radius 3 is 3.00 bits per heavy atom. The molecule has 1 atom stereocenters. The predicted molar refractivity (Wildman–Crippen MR) is 74.8 cm³/mol. The topological polar surface area (TPSA) is 22.1 Å². The summed E-state index contributed by atoms with van der Waals surface area (Å²) in [7, 11) is 0. The average molecular weight is 294 g/mol. The smallest absolute Gasteiger partial charge is 0.121 e. The van der Waals surface area contributed by atoms with Gasteiger partial charge in [0.2, 0.25) is 0 Å². The quantitative estimate of drug-likeness (QED) is 0.777. The maximum absolute atomic E-state index is 5.79. The zero-order valence-corrected chi connectivity index (χ0v) is 11.5. The van der Waals surface area contributed by atoms with E-state index in [4.69, 9.17) is 4.74 Å². The zero-order chi connectivity index (χ0) is 12.1. The highest BCUT2D eigenvalue weighted by Crippen LogP contribution is 2.19. The minimum atomic E-state index is 0.564. The molecule has 1 unspecified atom stereocenters. The molecule has 0 fully saturated rings. The van der Waals surface area contributed by atoms with Crippen LogP contribution in [-0.2, 0) is 0 Å². The summed E-state index contributed by atoms with van der Waals surface area (Å²) >= 11 is 3.50. The van der Waals surface area contributed by atoms with Crippen LogP contribution in [0, 0.1) is 5.92 Å². The Hall–Kier alpha value is -1.09. The Morgan fingerprint density at radius 2 is 2.24 bits per heavy atom. The molecule has 0 aliphatic rings. The third-order valence-corrected chi connectivity index (χ3v) is 3.77. The van der Waals surface area contributed by atoms with Crippen LogP contribution in [0.1, 0.15) is 13.3 Å². The molecule has 2 rings (SSSR count). The summed E-state index contributed by atoms with van der Waals surface area (Å²) < 4.78 is 5.79. The van der Waals surface area contributed by atoms with E-state index in [9.17, 15) is 0 Å². The normalized spacial score (nSPS) is 12.6. The van der Waals surface area contributed by atoms with E-state index in [2.05, 4.69) is 33.9 Å². The molecular weight excluding hydrogens is 278 g/mol. The number of nitrogens with zero attached hydrogens (tertiary/aromatic N) is 1. The summed E-state index contributed by atoms with van der Waals surface area (Å²) in [5.74, 6) is 1.46. The Kier molecular flexibility index (Phi) is 4.37. The first-order chi connectivity index (χ1) is 8.33. The van der Waals surface area contributed by atoms with E-state index in [0.717, 1.165) is 35.0 Å². The van der Waals surface area contributed by atoms with Crippen molar-refractivity contribution in [2.24, 2.45) is 5.92 Å². The van der Waals surface area contributed by atoms with Crippen LogP contribution in [0.5, 0.6) is 5.75 Å². The van der Waals surface area contributed by atoms with Crippen LogP contribution >= 0.6 is 15.9 Å². The predicted octanol–water partition coefficient (Wildman–Crippen LogP) is 4.03. The Balaban J connectivity index is 2.09. The maximum Gasteiger partial charge on any atom is 0.121 e. The summed E-state index contributed by atoms with van der Waals surface area (Å²) in [6, 6.07) is 10.0. The van der Waals surface area contributed by atoms with Crippen molar-refractivity contribution in [1.82, 2.24) is 4.98 Å². The van der Waals surface area contributed by atoms with E-state index in [1.807, 2.05) is 24.3 Å². The van der Waals surface area contributed by atoms with E-state index in [1.54, 1.807) is 6.20 Å². The van der Waals surface area contributed by atoms with E-state index < -0.39 is 0 Å². The molecule has 0 saturated carbocycles. The highest BCUT2D eigenvalue weighted by atomic mass is 79.9. The fraction of sp³-hybridized carbons (Fsp3) is 0.357. The fourth-order valence-electron chi connectivity index (χ4n) is 1.62. The van der Waals surface area contributed by atoms with Gasteiger partial charge < -0.3 is 4.74 Å². The molecule has 0 aliphatic carbocycles. The molecule has 0 spiro atoms. The van der Waals surface area contributed by atoms with Gasteiger partial charge in [-0.15, -0.1) is 0 Å². The number of halogens is 1. The number of aromatic nitrogens is 1. The second-order valence-corrected chi connectivity index (χ2v) is 4.74. The van der Waals surface area contributed by atoms with Crippen LogP contribution < -0.4 is 4.74 Å². The summed E-state index contributed by atoms with van der Waals surface area (Å²) in [5, 5.41) is 2.13. The first-order valence-electron chi connectivity index (χ1n) is 5.87. The largest absolute Gasteiger partial charge is 0.493 e. The molecule has 0 radical (unpaired) electrons. The number of fused-ring (bicyclic) bond motifs is 1. The van der Waals surface area contributed by atoms with Crippen molar-refractivity contribution in [3.63, 3.8) is 0 Å². The van der Waals surface area contributed by atoms with Crippen molar-refractivity contribution in [2.45, 2.75) is 13.3 Å². The number of ether oxygens (including phenoxy) is 1. The second kappa shape index (κ2) is 6.01. The van der Waals surface area contributed by atoms with Crippen LogP contribution in [0.25, 0.3) is 10.9 Å². The van der Waals surface area contributed by atoms with Gasteiger partial charge in [0, 0.05) is 28.9 Å². The maximum atomic E-state index is 5.79. The van der Waals surface area contributed by atoms with Crippen molar-refractivity contribution >= 4 is 26.8 Å². The first kappa shape index (κ1) is 12.4. The lowest BCUT2D eigenvalue weighted by atomic mass is 10.1. The molecule has 0 amide bonds. The lowest BCUT2D eigenvalue weighted by molar-refractivity contribution is 0.260. The van der Waals surface area contributed by atoms with Gasteiger partial charge >= 0.3 is 0 Å². The number of hydrogen-bond acceptors (Lipinski definition) is 2. The second-order valence-electron chi connectivity index (χ2n) is 4.10. The number of rotatable bonds is 5. The molecule has 0 N–H and O–H groups in total. The number of pyridine rings is 1. The first-order valence-corrected chi connectivity index (χ1v) is 6.99. The van der Waals surface area contributed by atoms with Crippen LogP contribution in [0.15, 0.2) is 36.5 Å². The van der Waals surface area contributed by atoms with Gasteiger partial charge in [0.1, 0.15) is 5.75 Å². The minimum absolute atomic E-state index is 0.564. The Morgan fingerprint density at radius 1 is 1.35 bits per heavy atom. The molecule has 0 bridgehead atoms. The van der Waals surface area contributed by atoms with E-state index >= 15 is 0 Å². The van der Waals surface area contributed by atoms with Gasteiger partial charge in [-0.2, -0.15) is 0 Å². The van der Waals surface area contributed by atoms with Crippen LogP contribution in [-0.4, -0.2) is 16.9 Å². The SMILES string of the molecule is CCC(CBr)COc1ccc2cccnc2c1. The molecule has 0 saturated heterocycles. The zero-order valence-electron chi connectivity index (χ0n) is 9.90. The highest BCUT2D eigenvalue weighted by molar-refractivity contribution is 9.09. The molecule has 1 aromatic heterocycles. The number of hydrogen-bond donors (Lipinski definition) is 0. The molecule has 1 aromatic carbocycles. The highest BCUT2D eigenvalue weighted by Gasteiger charge is 2.05. The summed E-state index contributed by atoms with van der Waals surface area (Å²) in [5.41, 5.74) is 0.983. The number of benzene rings is 1. The minimum Gasteiger partial charge on any atom is -0.493 e. The third kappa shape index (κ3) is 3.19. The summed E-state index contributed by atoms with van der Waals surface area (Å²) in [6.07, 6.45) is 2.93. The van der Waals surface area contributed by atoms with E-state index in [0.29, 0.717) is 5.92 Å². The summed E-state index contributed by atoms with van der Waals surface area (Å²) in [4.78, 5) is 4.32. The van der Waals surface area contributed by atoms with Gasteiger partial charge in [-0.25, -0.2) is 0 Å². The van der Waals surface area contributed by atoms with Gasteiger partial charge in [0.25, 0.3) is 0 Å². The molecule has 90 valence electrons. The van der Waals surface area contributed by atoms with Crippen molar-refractivity contribution in [3.8, 4) is 5.75 Å². The van der Waals surface area contributed by atoms with Crippen LogP contribution in [0.2, 0.25) is 0 Å². The fourth-order valence-corrected chi connectivity index (χ4v) is 2.27. The lowest BCUT2D eigenvalue weighted by Gasteiger charge is -2.13. The van der Waals surface area contributed by atoms with Crippen molar-refractivity contribution in [2.75, 3.05) is 11.9 Å². The van der Waals surface area contributed by atoms with E-state index in [-0.39, 0.29) is 0 Å². The van der Waals surface area contributed by atoms with Gasteiger partial charge in [0.05, 0.1) is 12.1 Å². The molecule has 3 heteroatoms. The third-order valence-electron chi connectivity index (χ3n) is 2.86. The summed E-state index contributed by atoms with van der Waals surface area (Å²) in [6.45, 7) is 2.93. The monoisotopic (exact) mass is 293 g/mol. The molecule has 1 heterocycles. The van der Waals surface area contributed by atoms with Crippen LogP contribution in [0.3, 0.4) is 0 Å². The van der Waals surface area contributed by atoms with Crippen molar-refractivity contribution in [1.29, 1.82) is 0 Å². The van der Waals surface area contributed by atoms with Gasteiger partial charge in [-0.3, -0.25) is 4.98 Å². The van der Waals surface area contributed by atoms with Gasteiger partial charge in [-0.05, 0) is 24.6 Å². The van der Waals surface area contributed by atoms with Crippen molar-refractivity contribution < 1.29 is 4.74 Å². The molecule has 0 aliphatic heterocycles. The van der Waals surface area contributed by atoms with E-state index in [1.165, 1.54) is 0 Å². The average Bonchev–Trinajstić information content (AvgIpc) is 2.40. The van der Waals surface area contributed by atoms with Crippen molar-refractivity contribution in [3.05, 3.63) is 36.5 Å². The van der Waals surface area contributed by atoms with Gasteiger partial charge in [0.15, 0.2) is 0 Å². The Labute approximate surface area is 110 Å².